The second-order valence-electron chi connectivity index (χ2n) is 13.9. The highest BCUT2D eigenvalue weighted by Gasteiger charge is 2.49. The summed E-state index contributed by atoms with van der Waals surface area (Å²) in [5.41, 5.74) is 4.11. The fraction of sp³-hybridized carbons (Fsp3) is 0.250. The van der Waals surface area contributed by atoms with Crippen molar-refractivity contribution in [1.82, 2.24) is 14.9 Å². The van der Waals surface area contributed by atoms with Gasteiger partial charge in [-0.3, -0.25) is 9.59 Å². The third-order valence-corrected chi connectivity index (χ3v) is 10.6. The Labute approximate surface area is 319 Å². The summed E-state index contributed by atoms with van der Waals surface area (Å²) in [5, 5.41) is 2.19. The fourth-order valence-corrected chi connectivity index (χ4v) is 7.96. The van der Waals surface area contributed by atoms with Crippen LogP contribution in [0.15, 0.2) is 115 Å². The molecule has 0 aliphatic heterocycles. The molecule has 0 spiro atoms. The van der Waals surface area contributed by atoms with Crippen LogP contribution in [0.3, 0.4) is 0 Å². The summed E-state index contributed by atoms with van der Waals surface area (Å²) in [7, 11) is 1.63. The van der Waals surface area contributed by atoms with E-state index in [1.807, 2.05) is 55.5 Å². The predicted octanol–water partition coefficient (Wildman–Crippen LogP) is 10.4. The normalized spacial score (nSPS) is 13.4. The van der Waals surface area contributed by atoms with Crippen molar-refractivity contribution in [2.75, 3.05) is 18.5 Å². The van der Waals surface area contributed by atoms with E-state index in [0.29, 0.717) is 64.8 Å². The van der Waals surface area contributed by atoms with Crippen LogP contribution in [0.5, 0.6) is 0 Å². The predicted molar refractivity (Wildman–Crippen MR) is 204 cm³/mol. The van der Waals surface area contributed by atoms with Crippen LogP contribution in [0.25, 0.3) is 33.3 Å². The highest BCUT2D eigenvalue weighted by Crippen LogP contribution is 2.51. The summed E-state index contributed by atoms with van der Waals surface area (Å²) in [4.78, 5) is 34.5. The van der Waals surface area contributed by atoms with Gasteiger partial charge in [-0.25, -0.2) is 4.98 Å². The molecule has 56 heavy (non-hydrogen) atoms. The highest BCUT2D eigenvalue weighted by atomic mass is 19.4. The number of hydrogen-bond donors (Lipinski definition) is 1. The molecule has 0 saturated carbocycles. The minimum absolute atomic E-state index is 0.277. The van der Waals surface area contributed by atoms with Crippen LogP contribution >= 0.6 is 0 Å². The summed E-state index contributed by atoms with van der Waals surface area (Å²) in [6.45, 7) is 1.04. The van der Waals surface area contributed by atoms with Gasteiger partial charge in [0.25, 0.3) is 5.91 Å². The maximum absolute atomic E-state index is 14.1. The first-order valence-electron chi connectivity index (χ1n) is 18.3. The number of aromatic nitrogens is 2. The fourth-order valence-electron chi connectivity index (χ4n) is 7.96. The number of aryl methyl sites for hydroxylation is 2. The summed E-state index contributed by atoms with van der Waals surface area (Å²) in [6.07, 6.45) is -7.12. The Morgan fingerprint density at radius 3 is 1.96 bits per heavy atom. The molecule has 1 aliphatic carbocycles. The van der Waals surface area contributed by atoms with Gasteiger partial charge in [-0.2, -0.15) is 26.3 Å². The van der Waals surface area contributed by atoms with Crippen molar-refractivity contribution in [2.45, 2.75) is 56.9 Å². The van der Waals surface area contributed by atoms with Crippen LogP contribution in [0.4, 0.5) is 32.0 Å². The van der Waals surface area contributed by atoms with Gasteiger partial charge < -0.3 is 14.8 Å². The SMILES string of the molecule is CCc1nc2c(N(C)C(=O)c3ccccc3-c3ccc(C(F)(F)F)cc3)cccc2n1CCCCC1(C(=O)NCC(F)(F)F)c2ccccc2-c2ccccc21. The van der Waals surface area contributed by atoms with E-state index < -0.39 is 35.8 Å². The van der Waals surface area contributed by atoms with Crippen LogP contribution in [-0.2, 0) is 29.4 Å². The number of halogens is 6. The topological polar surface area (TPSA) is 67.2 Å². The summed E-state index contributed by atoms with van der Waals surface area (Å²) < 4.78 is 81.8. The number of amides is 2. The van der Waals surface area contributed by atoms with E-state index in [2.05, 4.69) is 9.88 Å². The van der Waals surface area contributed by atoms with Gasteiger partial charge in [0.2, 0.25) is 5.91 Å². The number of carbonyl (C=O) groups is 2. The lowest BCUT2D eigenvalue weighted by molar-refractivity contribution is -0.141. The van der Waals surface area contributed by atoms with E-state index in [4.69, 9.17) is 4.98 Å². The van der Waals surface area contributed by atoms with E-state index in [1.165, 1.54) is 17.0 Å². The van der Waals surface area contributed by atoms with Crippen molar-refractivity contribution in [3.63, 3.8) is 0 Å². The number of anilines is 1. The number of nitrogens with zero attached hydrogens (tertiary/aromatic N) is 3. The Balaban J connectivity index is 1.15. The Bertz CT molecular complexity index is 2370. The van der Waals surface area contributed by atoms with Gasteiger partial charge in [0, 0.05) is 25.6 Å². The second-order valence-corrected chi connectivity index (χ2v) is 13.9. The molecular weight excluding hydrogens is 730 g/mol. The average Bonchev–Trinajstić information content (AvgIpc) is 3.70. The molecule has 0 saturated heterocycles. The summed E-state index contributed by atoms with van der Waals surface area (Å²) in [6, 6.07) is 31.7. The number of benzene rings is 5. The van der Waals surface area contributed by atoms with Gasteiger partial charge in [-0.05, 0) is 83.0 Å². The van der Waals surface area contributed by atoms with Crippen molar-refractivity contribution in [3.8, 4) is 22.3 Å². The Hall–Kier alpha value is -5.91. The number of hydrogen-bond acceptors (Lipinski definition) is 3. The Kier molecular flexibility index (Phi) is 10.3. The van der Waals surface area contributed by atoms with Gasteiger partial charge in [0.05, 0.1) is 16.8 Å². The van der Waals surface area contributed by atoms with Crippen molar-refractivity contribution in [2.24, 2.45) is 0 Å². The zero-order chi connectivity index (χ0) is 39.8. The lowest BCUT2D eigenvalue weighted by atomic mass is 9.73. The molecule has 0 radical (unpaired) electrons. The molecule has 0 bridgehead atoms. The quantitative estimate of drug-likeness (QED) is 0.105. The molecule has 6 nitrogen and oxygen atoms in total. The number of para-hydroxylation sites is 1. The largest absolute Gasteiger partial charge is 0.416 e. The van der Waals surface area contributed by atoms with Crippen LogP contribution in [0.1, 0.15) is 59.1 Å². The lowest BCUT2D eigenvalue weighted by Crippen LogP contribution is -2.47. The summed E-state index contributed by atoms with van der Waals surface area (Å²) >= 11 is 0. The molecule has 7 rings (SSSR count). The molecule has 0 unspecified atom stereocenters. The number of alkyl halides is 6. The van der Waals surface area contributed by atoms with Crippen molar-refractivity contribution < 1.29 is 35.9 Å². The van der Waals surface area contributed by atoms with Gasteiger partial charge in [-0.15, -0.1) is 0 Å². The van der Waals surface area contributed by atoms with Gasteiger partial charge in [0.1, 0.15) is 23.3 Å². The minimum atomic E-state index is -4.57. The average molecular weight is 769 g/mol. The first-order chi connectivity index (χ1) is 26.7. The highest BCUT2D eigenvalue weighted by molar-refractivity contribution is 6.12. The maximum Gasteiger partial charge on any atom is 0.416 e. The van der Waals surface area contributed by atoms with E-state index in [9.17, 15) is 35.9 Å². The van der Waals surface area contributed by atoms with E-state index in [-0.39, 0.29) is 12.3 Å². The number of rotatable bonds is 11. The lowest BCUT2D eigenvalue weighted by Gasteiger charge is -2.31. The first-order valence-corrected chi connectivity index (χ1v) is 18.3. The number of imidazole rings is 1. The van der Waals surface area contributed by atoms with Gasteiger partial charge in [0.15, 0.2) is 0 Å². The van der Waals surface area contributed by atoms with E-state index >= 15 is 0 Å². The van der Waals surface area contributed by atoms with Gasteiger partial charge >= 0.3 is 12.4 Å². The molecule has 1 heterocycles. The minimum Gasteiger partial charge on any atom is -0.346 e. The summed E-state index contributed by atoms with van der Waals surface area (Å²) in [5.74, 6) is -0.286. The molecular formula is C44H38F6N4O2. The monoisotopic (exact) mass is 768 g/mol. The van der Waals surface area contributed by atoms with Crippen LogP contribution < -0.4 is 10.2 Å². The molecule has 2 amide bonds. The van der Waals surface area contributed by atoms with Crippen molar-refractivity contribution in [3.05, 3.63) is 143 Å². The zero-order valence-electron chi connectivity index (χ0n) is 30.6. The number of fused-ring (bicyclic) bond motifs is 4. The number of nitrogens with one attached hydrogen (secondary N) is 1. The first kappa shape index (κ1) is 38.4. The van der Waals surface area contributed by atoms with Crippen molar-refractivity contribution in [1.29, 1.82) is 0 Å². The standard InChI is InChI=1S/C44H38F6N4O2/c1-3-38-52-39-36(53(2)40(55)33-16-5-4-13-30(33)28-21-23-29(24-22-28)44(48,49)50)19-12-20-37(39)54(38)26-11-10-25-42(41(56)51-27-43(45,46)47)34-17-8-6-14-31(34)32-15-7-9-18-35(32)42/h4-9,12-24H,3,10-11,25-27H2,1-2H3,(H,51,56). The zero-order valence-corrected chi connectivity index (χ0v) is 30.6. The molecule has 6 aromatic rings. The third kappa shape index (κ3) is 7.04. The van der Waals surface area contributed by atoms with E-state index in [1.54, 1.807) is 49.5 Å². The smallest absolute Gasteiger partial charge is 0.346 e. The molecule has 288 valence electrons. The Morgan fingerprint density at radius 2 is 1.36 bits per heavy atom. The number of carbonyl (C=O) groups excluding carboxylic acids is 2. The number of unbranched alkanes of at least 4 members (excludes halogenated alkanes) is 1. The molecule has 12 heteroatoms. The van der Waals surface area contributed by atoms with Crippen LogP contribution in [0, 0.1) is 0 Å². The van der Waals surface area contributed by atoms with E-state index in [0.717, 1.165) is 34.6 Å². The van der Waals surface area contributed by atoms with Gasteiger partial charge in [-0.1, -0.05) is 91.9 Å². The molecule has 0 atom stereocenters. The van der Waals surface area contributed by atoms with Crippen molar-refractivity contribution >= 4 is 28.5 Å². The molecule has 1 aromatic heterocycles. The van der Waals surface area contributed by atoms with Crippen LogP contribution in [-0.4, -0.2) is 41.1 Å². The maximum atomic E-state index is 14.1. The molecule has 1 N–H and O–H groups in total. The third-order valence-electron chi connectivity index (χ3n) is 10.6. The van der Waals surface area contributed by atoms with Crippen LogP contribution in [0.2, 0.25) is 0 Å². The molecule has 5 aromatic carbocycles. The molecule has 1 aliphatic rings. The molecule has 0 fully saturated rings. The second kappa shape index (κ2) is 15.0. The Morgan fingerprint density at radius 1 is 0.750 bits per heavy atom.